The van der Waals surface area contributed by atoms with E-state index in [9.17, 15) is 0 Å². The van der Waals surface area contributed by atoms with Crippen LogP contribution in [0.1, 0.15) is 17.8 Å². The van der Waals surface area contributed by atoms with Crippen molar-refractivity contribution in [2.24, 2.45) is 12.8 Å². The van der Waals surface area contributed by atoms with E-state index in [0.717, 1.165) is 28.7 Å². The average Bonchev–Trinajstić information content (AvgIpc) is 2.54. The lowest BCUT2D eigenvalue weighted by Gasteiger charge is -2.01. The molecule has 0 spiro atoms. The molecule has 4 heteroatoms. The Morgan fingerprint density at radius 2 is 2.19 bits per heavy atom. The largest absolute Gasteiger partial charge is 0.331 e. The maximum absolute atomic E-state index is 5.53. The number of fused-ring (bicyclic) bond motifs is 1. The number of rotatable bonds is 3. The minimum atomic E-state index is 0.714. The predicted octanol–water partition coefficient (Wildman–Crippen LogP) is 2.54. The molecule has 0 aliphatic heterocycles. The Bertz CT molecular complexity index is 516. The molecule has 2 rings (SSSR count). The molecule has 2 aromatic rings. The van der Waals surface area contributed by atoms with Crippen molar-refractivity contribution in [3.63, 3.8) is 0 Å². The standard InChI is InChI=1S/C12H16BrN3/c1-8-6-9(13)7-10-12(8)15-11(16(10)2)4-3-5-14/h6-7H,3-5,14H2,1-2H3. The van der Waals surface area contributed by atoms with Crippen LogP contribution >= 0.6 is 15.9 Å². The fraction of sp³-hybridized carbons (Fsp3) is 0.417. The van der Waals surface area contributed by atoms with Crippen molar-refractivity contribution in [1.29, 1.82) is 0 Å². The van der Waals surface area contributed by atoms with Crippen LogP contribution in [0.2, 0.25) is 0 Å². The molecule has 0 amide bonds. The Kier molecular flexibility index (Phi) is 3.30. The molecular formula is C12H16BrN3. The van der Waals surface area contributed by atoms with Gasteiger partial charge in [0.15, 0.2) is 0 Å². The van der Waals surface area contributed by atoms with E-state index < -0.39 is 0 Å². The molecule has 1 aromatic carbocycles. The van der Waals surface area contributed by atoms with E-state index in [4.69, 9.17) is 5.73 Å². The van der Waals surface area contributed by atoms with Crippen molar-refractivity contribution in [3.05, 3.63) is 28.0 Å². The van der Waals surface area contributed by atoms with Gasteiger partial charge in [0.25, 0.3) is 0 Å². The molecule has 1 heterocycles. The minimum absolute atomic E-state index is 0.714. The first-order chi connectivity index (χ1) is 7.63. The maximum Gasteiger partial charge on any atom is 0.109 e. The molecule has 86 valence electrons. The van der Waals surface area contributed by atoms with E-state index in [2.05, 4.69) is 51.6 Å². The first-order valence-corrected chi connectivity index (χ1v) is 6.24. The van der Waals surface area contributed by atoms with Crippen LogP contribution in [0.15, 0.2) is 16.6 Å². The SMILES string of the molecule is Cc1cc(Br)cc2c1nc(CCCN)n2C. The third-order valence-electron chi connectivity index (χ3n) is 2.84. The number of imidazole rings is 1. The molecule has 0 atom stereocenters. The van der Waals surface area contributed by atoms with Gasteiger partial charge in [0.1, 0.15) is 5.82 Å². The summed E-state index contributed by atoms with van der Waals surface area (Å²) >= 11 is 3.52. The summed E-state index contributed by atoms with van der Waals surface area (Å²) in [6.07, 6.45) is 1.93. The lowest BCUT2D eigenvalue weighted by atomic mass is 10.2. The van der Waals surface area contributed by atoms with Crippen molar-refractivity contribution in [2.75, 3.05) is 6.54 Å². The van der Waals surface area contributed by atoms with Crippen LogP contribution in [-0.4, -0.2) is 16.1 Å². The van der Waals surface area contributed by atoms with Crippen LogP contribution in [0.25, 0.3) is 11.0 Å². The molecule has 16 heavy (non-hydrogen) atoms. The molecule has 2 N–H and O–H groups in total. The Morgan fingerprint density at radius 3 is 2.88 bits per heavy atom. The van der Waals surface area contributed by atoms with E-state index >= 15 is 0 Å². The van der Waals surface area contributed by atoms with Gasteiger partial charge in [-0.15, -0.1) is 0 Å². The summed E-state index contributed by atoms with van der Waals surface area (Å²) in [5.41, 5.74) is 9.01. The molecule has 0 saturated heterocycles. The van der Waals surface area contributed by atoms with Crippen molar-refractivity contribution < 1.29 is 0 Å². The van der Waals surface area contributed by atoms with Gasteiger partial charge in [0.2, 0.25) is 0 Å². The molecule has 1 aromatic heterocycles. The summed E-state index contributed by atoms with van der Waals surface area (Å²) in [6, 6.07) is 4.21. The highest BCUT2D eigenvalue weighted by molar-refractivity contribution is 9.10. The second kappa shape index (κ2) is 4.55. The van der Waals surface area contributed by atoms with Crippen LogP contribution in [0.4, 0.5) is 0 Å². The zero-order valence-corrected chi connectivity index (χ0v) is 11.2. The van der Waals surface area contributed by atoms with Crippen LogP contribution in [-0.2, 0) is 13.5 Å². The van der Waals surface area contributed by atoms with Crippen LogP contribution in [0.5, 0.6) is 0 Å². The summed E-state index contributed by atoms with van der Waals surface area (Å²) in [4.78, 5) is 4.68. The summed E-state index contributed by atoms with van der Waals surface area (Å²) in [5, 5.41) is 0. The van der Waals surface area contributed by atoms with Gasteiger partial charge in [0, 0.05) is 17.9 Å². The number of nitrogens with zero attached hydrogens (tertiary/aromatic N) is 2. The molecule has 0 fully saturated rings. The molecule has 0 aliphatic rings. The lowest BCUT2D eigenvalue weighted by molar-refractivity contribution is 0.741. The highest BCUT2D eigenvalue weighted by Gasteiger charge is 2.09. The van der Waals surface area contributed by atoms with Gasteiger partial charge in [0.05, 0.1) is 11.0 Å². The third-order valence-corrected chi connectivity index (χ3v) is 3.30. The van der Waals surface area contributed by atoms with E-state index in [1.165, 1.54) is 11.1 Å². The number of hydrogen-bond donors (Lipinski definition) is 1. The van der Waals surface area contributed by atoms with Crippen molar-refractivity contribution in [1.82, 2.24) is 9.55 Å². The Morgan fingerprint density at radius 1 is 1.44 bits per heavy atom. The van der Waals surface area contributed by atoms with E-state index in [1.54, 1.807) is 0 Å². The van der Waals surface area contributed by atoms with E-state index in [0.29, 0.717) is 6.54 Å². The monoisotopic (exact) mass is 281 g/mol. The van der Waals surface area contributed by atoms with Crippen LogP contribution in [0.3, 0.4) is 0 Å². The molecule has 0 aliphatic carbocycles. The van der Waals surface area contributed by atoms with Crippen molar-refractivity contribution >= 4 is 27.0 Å². The fourth-order valence-electron chi connectivity index (χ4n) is 1.95. The quantitative estimate of drug-likeness (QED) is 0.940. The van der Waals surface area contributed by atoms with Gasteiger partial charge in [-0.2, -0.15) is 0 Å². The lowest BCUT2D eigenvalue weighted by Crippen LogP contribution is -2.04. The molecule has 0 radical (unpaired) electrons. The van der Waals surface area contributed by atoms with E-state index in [-0.39, 0.29) is 0 Å². The number of halogens is 1. The number of benzene rings is 1. The summed E-state index contributed by atoms with van der Waals surface area (Å²) in [5.74, 6) is 1.11. The Balaban J connectivity index is 2.54. The van der Waals surface area contributed by atoms with Crippen LogP contribution in [0, 0.1) is 6.92 Å². The minimum Gasteiger partial charge on any atom is -0.331 e. The maximum atomic E-state index is 5.53. The molecule has 0 unspecified atom stereocenters. The topological polar surface area (TPSA) is 43.8 Å². The van der Waals surface area contributed by atoms with Gasteiger partial charge < -0.3 is 10.3 Å². The third kappa shape index (κ3) is 1.99. The van der Waals surface area contributed by atoms with Gasteiger partial charge in [-0.25, -0.2) is 4.98 Å². The van der Waals surface area contributed by atoms with Gasteiger partial charge in [-0.1, -0.05) is 15.9 Å². The molecular weight excluding hydrogens is 266 g/mol. The zero-order valence-electron chi connectivity index (χ0n) is 9.63. The zero-order chi connectivity index (χ0) is 11.7. The average molecular weight is 282 g/mol. The molecule has 3 nitrogen and oxygen atoms in total. The van der Waals surface area contributed by atoms with Gasteiger partial charge in [-0.05, 0) is 37.6 Å². The number of aromatic nitrogens is 2. The molecule has 0 saturated carbocycles. The number of aryl methyl sites for hydroxylation is 3. The summed E-state index contributed by atoms with van der Waals surface area (Å²) in [6.45, 7) is 2.80. The fourth-order valence-corrected chi connectivity index (χ4v) is 2.51. The second-order valence-corrected chi connectivity index (χ2v) is 4.99. The van der Waals surface area contributed by atoms with Crippen molar-refractivity contribution in [3.8, 4) is 0 Å². The van der Waals surface area contributed by atoms with Crippen molar-refractivity contribution in [2.45, 2.75) is 19.8 Å². The smallest absolute Gasteiger partial charge is 0.109 e. The summed E-state index contributed by atoms with van der Waals surface area (Å²) < 4.78 is 3.26. The van der Waals surface area contributed by atoms with Crippen LogP contribution < -0.4 is 5.73 Å². The second-order valence-electron chi connectivity index (χ2n) is 4.07. The van der Waals surface area contributed by atoms with Gasteiger partial charge >= 0.3 is 0 Å². The highest BCUT2D eigenvalue weighted by Crippen LogP contribution is 2.24. The first kappa shape index (κ1) is 11.6. The molecule has 0 bridgehead atoms. The normalized spacial score (nSPS) is 11.2. The summed E-state index contributed by atoms with van der Waals surface area (Å²) in [7, 11) is 2.06. The van der Waals surface area contributed by atoms with Gasteiger partial charge in [-0.3, -0.25) is 0 Å². The highest BCUT2D eigenvalue weighted by atomic mass is 79.9. The first-order valence-electron chi connectivity index (χ1n) is 5.45. The Hall–Kier alpha value is -0.870. The van der Waals surface area contributed by atoms with E-state index in [1.807, 2.05) is 0 Å². The number of nitrogens with two attached hydrogens (primary N) is 1. The number of hydrogen-bond acceptors (Lipinski definition) is 2. The Labute approximate surface area is 104 Å². The predicted molar refractivity (Wildman–Crippen MR) is 70.5 cm³/mol.